The number of benzene rings is 1. The highest BCUT2D eigenvalue weighted by molar-refractivity contribution is 8.00. The molecule has 2 aromatic rings. The number of carbonyl (C=O) groups excluding carboxylic acids is 1. The van der Waals surface area contributed by atoms with E-state index in [1.165, 1.54) is 0 Å². The Labute approximate surface area is 117 Å². The SMILES string of the molecule is C[C@H](Sc1ccccc1)C(=O)NCc1cccnc1. The second-order valence-corrected chi connectivity index (χ2v) is 5.57. The highest BCUT2D eigenvalue weighted by Crippen LogP contribution is 2.22. The maximum atomic E-state index is 12.0. The summed E-state index contributed by atoms with van der Waals surface area (Å²) in [6.07, 6.45) is 3.48. The van der Waals surface area contributed by atoms with Crippen LogP contribution in [-0.2, 0) is 11.3 Å². The Kier molecular flexibility index (Phi) is 4.98. The third-order valence-corrected chi connectivity index (χ3v) is 3.73. The van der Waals surface area contributed by atoms with Gasteiger partial charge in [-0.05, 0) is 30.7 Å². The van der Waals surface area contributed by atoms with Gasteiger partial charge in [-0.2, -0.15) is 0 Å². The van der Waals surface area contributed by atoms with Crippen LogP contribution in [0.1, 0.15) is 12.5 Å². The Morgan fingerprint density at radius 3 is 2.74 bits per heavy atom. The van der Waals surface area contributed by atoms with Crippen LogP contribution in [0.3, 0.4) is 0 Å². The van der Waals surface area contributed by atoms with Crippen molar-refractivity contribution in [3.05, 3.63) is 60.4 Å². The van der Waals surface area contributed by atoms with Crippen molar-refractivity contribution in [2.75, 3.05) is 0 Å². The minimum Gasteiger partial charge on any atom is -0.351 e. The van der Waals surface area contributed by atoms with E-state index in [9.17, 15) is 4.79 Å². The number of rotatable bonds is 5. The molecule has 4 heteroatoms. The molecule has 0 aliphatic rings. The molecule has 19 heavy (non-hydrogen) atoms. The zero-order valence-corrected chi connectivity index (χ0v) is 11.6. The molecule has 2 rings (SSSR count). The second-order valence-electron chi connectivity index (χ2n) is 4.15. The van der Waals surface area contributed by atoms with Crippen LogP contribution in [0.5, 0.6) is 0 Å². The summed E-state index contributed by atoms with van der Waals surface area (Å²) < 4.78 is 0. The lowest BCUT2D eigenvalue weighted by molar-refractivity contribution is -0.120. The van der Waals surface area contributed by atoms with Gasteiger partial charge in [-0.3, -0.25) is 9.78 Å². The molecule has 0 aliphatic carbocycles. The molecule has 0 saturated heterocycles. The van der Waals surface area contributed by atoms with Crippen LogP contribution in [0, 0.1) is 0 Å². The van der Waals surface area contributed by atoms with Crippen molar-refractivity contribution in [1.29, 1.82) is 0 Å². The van der Waals surface area contributed by atoms with Gasteiger partial charge in [0.05, 0.1) is 5.25 Å². The predicted molar refractivity (Wildman–Crippen MR) is 77.8 cm³/mol. The molecule has 0 aliphatic heterocycles. The van der Waals surface area contributed by atoms with Crippen LogP contribution in [0.15, 0.2) is 59.8 Å². The van der Waals surface area contributed by atoms with E-state index in [0.29, 0.717) is 6.54 Å². The summed E-state index contributed by atoms with van der Waals surface area (Å²) in [4.78, 5) is 17.1. The molecule has 0 unspecified atom stereocenters. The number of nitrogens with one attached hydrogen (secondary N) is 1. The highest BCUT2D eigenvalue weighted by atomic mass is 32.2. The number of thioether (sulfide) groups is 1. The van der Waals surface area contributed by atoms with Gasteiger partial charge in [0.15, 0.2) is 0 Å². The number of aromatic nitrogens is 1. The van der Waals surface area contributed by atoms with Crippen molar-refractivity contribution in [3.63, 3.8) is 0 Å². The normalized spacial score (nSPS) is 11.8. The third kappa shape index (κ3) is 4.41. The number of hydrogen-bond acceptors (Lipinski definition) is 3. The fourth-order valence-electron chi connectivity index (χ4n) is 1.59. The van der Waals surface area contributed by atoms with E-state index < -0.39 is 0 Å². The van der Waals surface area contributed by atoms with E-state index in [0.717, 1.165) is 10.5 Å². The summed E-state index contributed by atoms with van der Waals surface area (Å²) in [5, 5.41) is 2.81. The topological polar surface area (TPSA) is 42.0 Å². The molecular formula is C15H16N2OS. The molecule has 3 nitrogen and oxygen atoms in total. The van der Waals surface area contributed by atoms with E-state index in [1.807, 2.05) is 49.4 Å². The van der Waals surface area contributed by atoms with Gasteiger partial charge in [0.25, 0.3) is 0 Å². The summed E-state index contributed by atoms with van der Waals surface area (Å²) >= 11 is 1.56. The van der Waals surface area contributed by atoms with Gasteiger partial charge in [0.1, 0.15) is 0 Å². The van der Waals surface area contributed by atoms with Crippen LogP contribution >= 0.6 is 11.8 Å². The van der Waals surface area contributed by atoms with Gasteiger partial charge in [-0.1, -0.05) is 24.3 Å². The third-order valence-electron chi connectivity index (χ3n) is 2.61. The van der Waals surface area contributed by atoms with Gasteiger partial charge in [-0.25, -0.2) is 0 Å². The lowest BCUT2D eigenvalue weighted by Gasteiger charge is -2.11. The Morgan fingerprint density at radius 1 is 1.26 bits per heavy atom. The molecule has 98 valence electrons. The van der Waals surface area contributed by atoms with E-state index in [1.54, 1.807) is 24.2 Å². The molecule has 1 amide bonds. The Hall–Kier alpha value is -1.81. The van der Waals surface area contributed by atoms with Crippen molar-refractivity contribution in [1.82, 2.24) is 10.3 Å². The minimum absolute atomic E-state index is 0.0395. The van der Waals surface area contributed by atoms with Gasteiger partial charge < -0.3 is 5.32 Å². The quantitative estimate of drug-likeness (QED) is 0.851. The van der Waals surface area contributed by atoms with Crippen LogP contribution < -0.4 is 5.32 Å². The zero-order valence-electron chi connectivity index (χ0n) is 10.7. The van der Waals surface area contributed by atoms with E-state index >= 15 is 0 Å². The number of amides is 1. The fourth-order valence-corrected chi connectivity index (χ4v) is 2.51. The number of carbonyl (C=O) groups is 1. The monoisotopic (exact) mass is 272 g/mol. The van der Waals surface area contributed by atoms with Crippen molar-refractivity contribution >= 4 is 17.7 Å². The lowest BCUT2D eigenvalue weighted by atomic mass is 10.3. The first kappa shape index (κ1) is 13.6. The molecule has 0 fully saturated rings. The van der Waals surface area contributed by atoms with Crippen LogP contribution in [0.4, 0.5) is 0 Å². The van der Waals surface area contributed by atoms with Gasteiger partial charge in [-0.15, -0.1) is 11.8 Å². The number of hydrogen-bond donors (Lipinski definition) is 1. The number of pyridine rings is 1. The van der Waals surface area contributed by atoms with Crippen LogP contribution in [0.2, 0.25) is 0 Å². The first-order valence-electron chi connectivity index (χ1n) is 6.14. The summed E-state index contributed by atoms with van der Waals surface area (Å²) in [7, 11) is 0. The van der Waals surface area contributed by atoms with Crippen LogP contribution in [-0.4, -0.2) is 16.1 Å². The molecule has 1 aromatic carbocycles. The molecule has 1 aromatic heterocycles. The summed E-state index contributed by atoms with van der Waals surface area (Å²) in [5.41, 5.74) is 1.01. The van der Waals surface area contributed by atoms with Gasteiger partial charge in [0.2, 0.25) is 5.91 Å². The van der Waals surface area contributed by atoms with Crippen LogP contribution in [0.25, 0.3) is 0 Å². The average Bonchev–Trinajstić information content (AvgIpc) is 2.47. The molecular weight excluding hydrogens is 256 g/mol. The fraction of sp³-hybridized carbons (Fsp3) is 0.200. The maximum Gasteiger partial charge on any atom is 0.233 e. The van der Waals surface area contributed by atoms with Crippen molar-refractivity contribution in [3.8, 4) is 0 Å². The minimum atomic E-state index is -0.112. The molecule has 1 heterocycles. The molecule has 0 radical (unpaired) electrons. The highest BCUT2D eigenvalue weighted by Gasteiger charge is 2.13. The van der Waals surface area contributed by atoms with Crippen molar-refractivity contribution in [2.24, 2.45) is 0 Å². The van der Waals surface area contributed by atoms with E-state index in [2.05, 4.69) is 10.3 Å². The standard InChI is InChI=1S/C15H16N2OS/c1-12(19-14-7-3-2-4-8-14)15(18)17-11-13-6-5-9-16-10-13/h2-10,12H,11H2,1H3,(H,17,18)/t12-/m0/s1. The second kappa shape index (κ2) is 6.95. The zero-order chi connectivity index (χ0) is 13.5. The van der Waals surface area contributed by atoms with Crippen molar-refractivity contribution in [2.45, 2.75) is 23.6 Å². The largest absolute Gasteiger partial charge is 0.351 e. The van der Waals surface area contributed by atoms with Gasteiger partial charge >= 0.3 is 0 Å². The average molecular weight is 272 g/mol. The van der Waals surface area contributed by atoms with E-state index in [-0.39, 0.29) is 11.2 Å². The number of nitrogens with zero attached hydrogens (tertiary/aromatic N) is 1. The lowest BCUT2D eigenvalue weighted by Crippen LogP contribution is -2.30. The molecule has 0 saturated carbocycles. The first-order chi connectivity index (χ1) is 9.25. The van der Waals surface area contributed by atoms with E-state index in [4.69, 9.17) is 0 Å². The summed E-state index contributed by atoms with van der Waals surface area (Å²) in [6.45, 7) is 2.43. The summed E-state index contributed by atoms with van der Waals surface area (Å²) in [5.74, 6) is 0.0395. The predicted octanol–water partition coefficient (Wildman–Crippen LogP) is 2.88. The van der Waals surface area contributed by atoms with Crippen molar-refractivity contribution < 1.29 is 4.79 Å². The first-order valence-corrected chi connectivity index (χ1v) is 7.02. The Balaban J connectivity index is 1.83. The molecule has 1 N–H and O–H groups in total. The molecule has 0 spiro atoms. The Bertz CT molecular complexity index is 516. The maximum absolute atomic E-state index is 12.0. The smallest absolute Gasteiger partial charge is 0.233 e. The summed E-state index contributed by atoms with van der Waals surface area (Å²) in [6, 6.07) is 13.7. The molecule has 0 bridgehead atoms. The Morgan fingerprint density at radius 2 is 2.05 bits per heavy atom. The molecule has 1 atom stereocenters. The van der Waals surface area contributed by atoms with Gasteiger partial charge in [0, 0.05) is 23.8 Å².